The van der Waals surface area contributed by atoms with Crippen LogP contribution in [-0.2, 0) is 6.54 Å². The second kappa shape index (κ2) is 6.85. The van der Waals surface area contributed by atoms with Crippen molar-refractivity contribution in [3.05, 3.63) is 18.2 Å². The second-order valence-corrected chi connectivity index (χ2v) is 4.79. The maximum atomic E-state index is 12.5. The van der Waals surface area contributed by atoms with Crippen LogP contribution >= 0.6 is 11.8 Å². The predicted molar refractivity (Wildman–Crippen MR) is 62.8 cm³/mol. The summed E-state index contributed by atoms with van der Waals surface area (Å²) in [7, 11) is 0. The van der Waals surface area contributed by atoms with E-state index in [9.17, 15) is 8.78 Å². The van der Waals surface area contributed by atoms with Crippen molar-refractivity contribution in [3.63, 3.8) is 0 Å². The van der Waals surface area contributed by atoms with Gasteiger partial charge in [0, 0.05) is 24.2 Å². The molecule has 1 heterocycles. The minimum Gasteiger partial charge on any atom is -0.307 e. The van der Waals surface area contributed by atoms with Gasteiger partial charge in [0.2, 0.25) is 0 Å². The second-order valence-electron chi connectivity index (χ2n) is 3.47. The first-order chi connectivity index (χ1) is 7.65. The number of halogens is 2. The minimum atomic E-state index is -2.51. The highest BCUT2D eigenvalue weighted by atomic mass is 32.2. The molecule has 1 N–H and O–H groups in total. The molecule has 0 radical (unpaired) electrons. The fourth-order valence-electron chi connectivity index (χ4n) is 1.28. The molecular weight excluding hydrogens is 232 g/mol. The van der Waals surface area contributed by atoms with Gasteiger partial charge in [0.15, 0.2) is 0 Å². The molecule has 16 heavy (non-hydrogen) atoms. The summed E-state index contributed by atoms with van der Waals surface area (Å²) in [5, 5.41) is 3.18. The van der Waals surface area contributed by atoms with E-state index in [1.807, 2.05) is 18.7 Å². The van der Waals surface area contributed by atoms with E-state index in [2.05, 4.69) is 17.2 Å². The third-order valence-corrected chi connectivity index (χ3v) is 3.28. The van der Waals surface area contributed by atoms with Crippen LogP contribution in [0.4, 0.5) is 8.78 Å². The Morgan fingerprint density at radius 1 is 1.56 bits per heavy atom. The zero-order valence-electron chi connectivity index (χ0n) is 9.49. The van der Waals surface area contributed by atoms with Crippen LogP contribution < -0.4 is 5.32 Å². The van der Waals surface area contributed by atoms with Crippen molar-refractivity contribution in [3.8, 4) is 0 Å². The summed E-state index contributed by atoms with van der Waals surface area (Å²) in [6, 6.07) is 0.299. The average Bonchev–Trinajstić information content (AvgIpc) is 2.71. The molecule has 6 heteroatoms. The molecular formula is C10H17F2N3S. The van der Waals surface area contributed by atoms with Gasteiger partial charge in [-0.2, -0.15) is 20.5 Å². The topological polar surface area (TPSA) is 29.9 Å². The number of aromatic nitrogens is 2. The Balaban J connectivity index is 2.39. The largest absolute Gasteiger partial charge is 0.319 e. The molecule has 0 fully saturated rings. The van der Waals surface area contributed by atoms with Crippen LogP contribution in [0.15, 0.2) is 12.4 Å². The summed E-state index contributed by atoms with van der Waals surface area (Å²) < 4.78 is 25.8. The van der Waals surface area contributed by atoms with Gasteiger partial charge in [-0.25, -0.2) is 4.98 Å². The van der Waals surface area contributed by atoms with Crippen LogP contribution in [0.25, 0.3) is 0 Å². The van der Waals surface area contributed by atoms with Crippen molar-refractivity contribution < 1.29 is 8.78 Å². The fraction of sp³-hybridized carbons (Fsp3) is 0.700. The van der Waals surface area contributed by atoms with E-state index < -0.39 is 6.55 Å². The van der Waals surface area contributed by atoms with Crippen molar-refractivity contribution in [2.24, 2.45) is 0 Å². The number of hydrogen-bond acceptors (Lipinski definition) is 3. The van der Waals surface area contributed by atoms with Gasteiger partial charge in [0.25, 0.3) is 0 Å². The van der Waals surface area contributed by atoms with Crippen molar-refractivity contribution in [1.29, 1.82) is 0 Å². The van der Waals surface area contributed by atoms with E-state index in [1.165, 1.54) is 12.4 Å². The third-order valence-electron chi connectivity index (χ3n) is 2.14. The summed E-state index contributed by atoms with van der Waals surface area (Å²) in [5.74, 6) is 2.42. The number of thioether (sulfide) groups is 1. The molecule has 1 unspecified atom stereocenters. The average molecular weight is 249 g/mol. The van der Waals surface area contributed by atoms with Gasteiger partial charge in [-0.1, -0.05) is 6.92 Å². The maximum Gasteiger partial charge on any atom is 0.319 e. The Morgan fingerprint density at radius 2 is 2.31 bits per heavy atom. The zero-order chi connectivity index (χ0) is 12.0. The van der Waals surface area contributed by atoms with Gasteiger partial charge >= 0.3 is 6.55 Å². The molecule has 1 aromatic heterocycles. The highest BCUT2D eigenvalue weighted by Gasteiger charge is 2.11. The highest BCUT2D eigenvalue weighted by molar-refractivity contribution is 7.99. The van der Waals surface area contributed by atoms with Crippen LogP contribution in [0.2, 0.25) is 0 Å². The monoisotopic (exact) mass is 249 g/mol. The normalized spacial score (nSPS) is 13.3. The van der Waals surface area contributed by atoms with Gasteiger partial charge in [-0.05, 0) is 12.7 Å². The molecule has 0 amide bonds. The van der Waals surface area contributed by atoms with Gasteiger partial charge < -0.3 is 5.32 Å². The Labute approximate surface area is 98.6 Å². The molecule has 0 aromatic carbocycles. The summed E-state index contributed by atoms with van der Waals surface area (Å²) in [6.07, 6.45) is 2.70. The number of nitrogens with zero attached hydrogens (tertiary/aromatic N) is 2. The maximum absolute atomic E-state index is 12.5. The molecule has 0 aliphatic carbocycles. The lowest BCUT2D eigenvalue weighted by Gasteiger charge is -2.13. The highest BCUT2D eigenvalue weighted by Crippen LogP contribution is 2.12. The predicted octanol–water partition coefficient (Wildman–Crippen LogP) is 2.51. The number of hydrogen-bond donors (Lipinski definition) is 1. The summed E-state index contributed by atoms with van der Waals surface area (Å²) >= 11 is 1.83. The van der Waals surface area contributed by atoms with E-state index in [1.54, 1.807) is 0 Å². The molecule has 0 saturated heterocycles. The quantitative estimate of drug-likeness (QED) is 0.805. The summed E-state index contributed by atoms with van der Waals surface area (Å²) in [6.45, 7) is 2.00. The van der Waals surface area contributed by atoms with Gasteiger partial charge in [-0.3, -0.25) is 4.57 Å². The fourth-order valence-corrected chi connectivity index (χ4v) is 1.98. The smallest absolute Gasteiger partial charge is 0.307 e. The lowest BCUT2D eigenvalue weighted by Crippen LogP contribution is -2.29. The summed E-state index contributed by atoms with van der Waals surface area (Å²) in [4.78, 5) is 3.90. The number of alkyl halides is 2. The number of imidazole rings is 1. The first kappa shape index (κ1) is 13.4. The Kier molecular flexibility index (Phi) is 5.76. The van der Waals surface area contributed by atoms with Crippen LogP contribution in [0.1, 0.15) is 26.2 Å². The Bertz CT molecular complexity index is 304. The van der Waals surface area contributed by atoms with E-state index >= 15 is 0 Å². The van der Waals surface area contributed by atoms with Crippen LogP contribution in [0, 0.1) is 0 Å². The van der Waals surface area contributed by atoms with Gasteiger partial charge in [-0.15, -0.1) is 0 Å². The molecule has 1 atom stereocenters. The van der Waals surface area contributed by atoms with Gasteiger partial charge in [0.1, 0.15) is 5.82 Å². The van der Waals surface area contributed by atoms with Crippen molar-refractivity contribution in [2.45, 2.75) is 33.0 Å². The first-order valence-electron chi connectivity index (χ1n) is 5.26. The Hall–Kier alpha value is -0.620. The van der Waals surface area contributed by atoms with E-state index in [4.69, 9.17) is 0 Å². The third kappa shape index (κ3) is 4.09. The van der Waals surface area contributed by atoms with Crippen molar-refractivity contribution >= 4 is 11.8 Å². The van der Waals surface area contributed by atoms with E-state index in [0.717, 1.165) is 16.1 Å². The molecule has 3 nitrogen and oxygen atoms in total. The molecule has 1 rings (SSSR count). The molecule has 0 saturated carbocycles. The first-order valence-corrected chi connectivity index (χ1v) is 6.41. The molecule has 0 aliphatic rings. The lowest BCUT2D eigenvalue weighted by molar-refractivity contribution is 0.0665. The summed E-state index contributed by atoms with van der Waals surface area (Å²) in [5.41, 5.74) is 0. The molecule has 92 valence electrons. The minimum absolute atomic E-state index is 0.299. The van der Waals surface area contributed by atoms with Crippen LogP contribution in [0.5, 0.6) is 0 Å². The molecule has 0 aliphatic heterocycles. The van der Waals surface area contributed by atoms with Crippen molar-refractivity contribution in [1.82, 2.24) is 14.9 Å². The van der Waals surface area contributed by atoms with Crippen LogP contribution in [0.3, 0.4) is 0 Å². The van der Waals surface area contributed by atoms with E-state index in [0.29, 0.717) is 18.4 Å². The molecule has 1 aromatic rings. The Morgan fingerprint density at radius 3 is 2.94 bits per heavy atom. The SMILES string of the molecule is CCSCC(C)NCc1nccn1C(F)F. The molecule has 0 bridgehead atoms. The standard InChI is InChI=1S/C10H17F2N3S/c1-3-16-7-8(2)14-6-9-13-4-5-15(9)10(11)12/h4-5,8,10,14H,3,6-7H2,1-2H3. The number of rotatable bonds is 7. The van der Waals surface area contributed by atoms with Crippen molar-refractivity contribution in [2.75, 3.05) is 11.5 Å². The number of nitrogens with one attached hydrogen (secondary N) is 1. The molecule has 0 spiro atoms. The van der Waals surface area contributed by atoms with E-state index in [-0.39, 0.29) is 0 Å². The van der Waals surface area contributed by atoms with Crippen LogP contribution in [-0.4, -0.2) is 27.1 Å². The van der Waals surface area contributed by atoms with Gasteiger partial charge in [0.05, 0.1) is 6.54 Å². The zero-order valence-corrected chi connectivity index (χ0v) is 10.3. The lowest BCUT2D eigenvalue weighted by atomic mass is 10.4.